The topological polar surface area (TPSA) is 12.5 Å². The van der Waals surface area contributed by atoms with Gasteiger partial charge in [0.05, 0.1) is 12.7 Å². The Morgan fingerprint density at radius 2 is 1.63 bits per heavy atom. The molecule has 1 aromatic rings. The van der Waals surface area contributed by atoms with Crippen LogP contribution in [0.2, 0.25) is 0 Å². The smallest absolute Gasteiger partial charge is 0.373 e. The van der Waals surface area contributed by atoms with Crippen molar-refractivity contribution in [2.45, 2.75) is 30.8 Å². The largest absolute Gasteiger partial charge is 0.456 e. The van der Waals surface area contributed by atoms with E-state index in [4.69, 9.17) is 4.74 Å². The van der Waals surface area contributed by atoms with Gasteiger partial charge in [-0.1, -0.05) is 24.3 Å². The highest BCUT2D eigenvalue weighted by Crippen LogP contribution is 2.46. The molecule has 0 aliphatic carbocycles. The molecule has 0 amide bonds. The van der Waals surface area contributed by atoms with Crippen LogP contribution < -0.4 is 0 Å². The minimum absolute atomic E-state index is 0.0589. The summed E-state index contributed by atoms with van der Waals surface area (Å²) < 4.78 is 80.0. The van der Waals surface area contributed by atoms with Crippen LogP contribution in [0.15, 0.2) is 24.3 Å². The maximum absolute atomic E-state index is 13.3. The number of hydrogen-bond acceptors (Lipinski definition) is 1. The van der Waals surface area contributed by atoms with Crippen molar-refractivity contribution in [3.63, 3.8) is 0 Å². The third-order valence-corrected chi connectivity index (χ3v) is 2.83. The first-order chi connectivity index (χ1) is 8.72. The fourth-order valence-corrected chi connectivity index (χ4v) is 1.62. The monoisotopic (exact) mass is 284 g/mol. The summed E-state index contributed by atoms with van der Waals surface area (Å²) in [7, 11) is 0. The maximum Gasteiger partial charge on any atom is 0.456 e. The van der Waals surface area contributed by atoms with Crippen molar-refractivity contribution in [3.8, 4) is 0 Å². The maximum atomic E-state index is 13.3. The third-order valence-electron chi connectivity index (χ3n) is 2.83. The SMILES string of the molecule is FC(c1ccc(CC2CO2)cc1)C(F)(F)C(F)(F)F. The Kier molecular flexibility index (Phi) is 3.51. The van der Waals surface area contributed by atoms with Crippen molar-refractivity contribution in [1.82, 2.24) is 0 Å². The Bertz CT molecular complexity index is 435. The van der Waals surface area contributed by atoms with E-state index < -0.39 is 23.8 Å². The molecule has 106 valence electrons. The van der Waals surface area contributed by atoms with Crippen molar-refractivity contribution >= 4 is 0 Å². The van der Waals surface area contributed by atoms with Gasteiger partial charge in [-0.05, 0) is 11.1 Å². The molecule has 2 unspecified atom stereocenters. The molecule has 1 nitrogen and oxygen atoms in total. The number of rotatable bonds is 4. The molecule has 0 spiro atoms. The van der Waals surface area contributed by atoms with Crippen molar-refractivity contribution in [2.75, 3.05) is 6.61 Å². The summed E-state index contributed by atoms with van der Waals surface area (Å²) in [4.78, 5) is 0. The fourth-order valence-electron chi connectivity index (χ4n) is 1.62. The van der Waals surface area contributed by atoms with E-state index in [1.54, 1.807) is 0 Å². The van der Waals surface area contributed by atoms with Gasteiger partial charge in [-0.2, -0.15) is 22.0 Å². The van der Waals surface area contributed by atoms with Crippen molar-refractivity contribution in [3.05, 3.63) is 35.4 Å². The summed E-state index contributed by atoms with van der Waals surface area (Å²) in [5.74, 6) is -5.39. The van der Waals surface area contributed by atoms with Gasteiger partial charge in [0.25, 0.3) is 0 Å². The number of halogens is 6. The van der Waals surface area contributed by atoms with Crippen molar-refractivity contribution in [2.24, 2.45) is 0 Å². The first-order valence-corrected chi connectivity index (χ1v) is 5.51. The molecule has 0 N–H and O–H groups in total. The van der Waals surface area contributed by atoms with E-state index in [2.05, 4.69) is 0 Å². The molecule has 1 heterocycles. The molecule has 19 heavy (non-hydrogen) atoms. The van der Waals surface area contributed by atoms with E-state index >= 15 is 0 Å². The van der Waals surface area contributed by atoms with Crippen LogP contribution >= 0.6 is 0 Å². The third kappa shape index (κ3) is 3.02. The van der Waals surface area contributed by atoms with Crippen LogP contribution in [0, 0.1) is 0 Å². The normalized spacial score (nSPS) is 21.3. The summed E-state index contributed by atoms with van der Waals surface area (Å²) in [6.07, 6.45) is -8.72. The van der Waals surface area contributed by atoms with Crippen molar-refractivity contribution in [1.29, 1.82) is 0 Å². The van der Waals surface area contributed by atoms with Gasteiger partial charge < -0.3 is 4.74 Å². The molecule has 0 radical (unpaired) electrons. The van der Waals surface area contributed by atoms with E-state index in [1.807, 2.05) is 0 Å². The molecule has 0 saturated carbocycles. The lowest BCUT2D eigenvalue weighted by Gasteiger charge is -2.23. The summed E-state index contributed by atoms with van der Waals surface area (Å²) in [6.45, 7) is 0.597. The second-order valence-electron chi connectivity index (χ2n) is 4.38. The number of epoxide rings is 1. The lowest BCUT2D eigenvalue weighted by molar-refractivity contribution is -0.305. The number of benzene rings is 1. The predicted octanol–water partition coefficient (Wildman–Crippen LogP) is 3.84. The Morgan fingerprint density at radius 3 is 2.05 bits per heavy atom. The molecule has 2 rings (SSSR count). The zero-order valence-corrected chi connectivity index (χ0v) is 9.55. The van der Waals surface area contributed by atoms with E-state index in [-0.39, 0.29) is 6.10 Å². The average molecular weight is 284 g/mol. The van der Waals surface area contributed by atoms with E-state index in [0.717, 1.165) is 12.1 Å². The molecule has 1 fully saturated rings. The molecular weight excluding hydrogens is 274 g/mol. The standard InChI is InChI=1S/C12H10F6O/c13-10(11(14,15)12(16,17)18)8-3-1-7(2-4-8)5-9-6-19-9/h1-4,9-10H,5-6H2. The van der Waals surface area contributed by atoms with Crippen LogP contribution in [0.4, 0.5) is 26.3 Å². The summed E-state index contributed by atoms with van der Waals surface area (Å²) in [6, 6.07) is 4.55. The number of hydrogen-bond donors (Lipinski definition) is 0. The molecule has 0 bridgehead atoms. The summed E-state index contributed by atoms with van der Waals surface area (Å²) in [5, 5.41) is 0. The molecule has 1 aliphatic rings. The summed E-state index contributed by atoms with van der Waals surface area (Å²) >= 11 is 0. The zero-order valence-electron chi connectivity index (χ0n) is 9.55. The zero-order chi connectivity index (χ0) is 14.3. The number of alkyl halides is 6. The van der Waals surface area contributed by atoms with Crippen molar-refractivity contribution < 1.29 is 31.1 Å². The van der Waals surface area contributed by atoms with Crippen LogP contribution in [0.1, 0.15) is 17.3 Å². The lowest BCUT2D eigenvalue weighted by atomic mass is 10.0. The van der Waals surface area contributed by atoms with Gasteiger partial charge >= 0.3 is 12.1 Å². The van der Waals surface area contributed by atoms with Crippen LogP contribution in [0.5, 0.6) is 0 Å². The van der Waals surface area contributed by atoms with Gasteiger partial charge in [-0.3, -0.25) is 0 Å². The molecule has 7 heteroatoms. The Balaban J connectivity index is 2.12. The second-order valence-corrected chi connectivity index (χ2v) is 4.38. The molecule has 1 aliphatic heterocycles. The van der Waals surface area contributed by atoms with E-state index in [0.29, 0.717) is 18.6 Å². The van der Waals surface area contributed by atoms with Crippen LogP contribution in [0.3, 0.4) is 0 Å². The quantitative estimate of drug-likeness (QED) is 0.604. The van der Waals surface area contributed by atoms with Gasteiger partial charge in [0.2, 0.25) is 0 Å². The summed E-state index contributed by atoms with van der Waals surface area (Å²) in [5.41, 5.74) is 0.0107. The van der Waals surface area contributed by atoms with Gasteiger partial charge in [0.15, 0.2) is 6.17 Å². The molecule has 1 aromatic carbocycles. The average Bonchev–Trinajstić information content (AvgIpc) is 3.11. The molecular formula is C12H10F6O. The van der Waals surface area contributed by atoms with E-state index in [1.165, 1.54) is 12.1 Å². The first-order valence-electron chi connectivity index (χ1n) is 5.51. The minimum Gasteiger partial charge on any atom is -0.373 e. The predicted molar refractivity (Wildman–Crippen MR) is 54.7 cm³/mol. The highest BCUT2D eigenvalue weighted by Gasteiger charge is 2.63. The molecule has 0 aromatic heterocycles. The van der Waals surface area contributed by atoms with Crippen LogP contribution in [-0.4, -0.2) is 24.8 Å². The molecule has 2 atom stereocenters. The van der Waals surface area contributed by atoms with Crippen LogP contribution in [0.25, 0.3) is 0 Å². The second kappa shape index (κ2) is 4.70. The van der Waals surface area contributed by atoms with Gasteiger partial charge in [-0.15, -0.1) is 0 Å². The Morgan fingerprint density at radius 1 is 1.11 bits per heavy atom. The lowest BCUT2D eigenvalue weighted by Crippen LogP contribution is -2.40. The van der Waals surface area contributed by atoms with Gasteiger partial charge in [0.1, 0.15) is 0 Å². The number of ether oxygens (including phenoxy) is 1. The van der Waals surface area contributed by atoms with Gasteiger partial charge in [-0.25, -0.2) is 4.39 Å². The highest BCUT2D eigenvalue weighted by atomic mass is 19.4. The Hall–Kier alpha value is -1.24. The highest BCUT2D eigenvalue weighted by molar-refractivity contribution is 5.26. The molecule has 1 saturated heterocycles. The minimum atomic E-state index is -5.91. The first kappa shape index (κ1) is 14.2. The van der Waals surface area contributed by atoms with Crippen LogP contribution in [-0.2, 0) is 11.2 Å². The fraction of sp³-hybridized carbons (Fsp3) is 0.500. The van der Waals surface area contributed by atoms with Gasteiger partial charge in [0, 0.05) is 6.42 Å². The Labute approximate surface area is 105 Å². The van der Waals surface area contributed by atoms with E-state index in [9.17, 15) is 26.3 Å².